The van der Waals surface area contributed by atoms with Crippen LogP contribution in [0.25, 0.3) is 0 Å². The molecule has 2 atom stereocenters. The van der Waals surface area contributed by atoms with Crippen LogP contribution in [0.2, 0.25) is 0 Å². The molecule has 0 saturated carbocycles. The van der Waals surface area contributed by atoms with E-state index in [1.807, 2.05) is 37.3 Å². The summed E-state index contributed by atoms with van der Waals surface area (Å²) >= 11 is 3.41. The molecule has 0 aromatic heterocycles. The number of hydrogen-bond donors (Lipinski definition) is 2. The van der Waals surface area contributed by atoms with Crippen LogP contribution in [0.15, 0.2) is 34.8 Å². The molecule has 1 aliphatic carbocycles. The van der Waals surface area contributed by atoms with Crippen LogP contribution in [0.4, 0.5) is 5.69 Å². The lowest BCUT2D eigenvalue weighted by molar-refractivity contribution is -0.118. The Labute approximate surface area is 109 Å². The van der Waals surface area contributed by atoms with Gasteiger partial charge in [0.05, 0.1) is 5.92 Å². The van der Waals surface area contributed by atoms with E-state index in [1.54, 1.807) is 0 Å². The summed E-state index contributed by atoms with van der Waals surface area (Å²) in [4.78, 5) is 11.9. The van der Waals surface area contributed by atoms with Crippen molar-refractivity contribution in [2.45, 2.75) is 19.4 Å². The van der Waals surface area contributed by atoms with Crippen LogP contribution in [0.1, 0.15) is 12.0 Å². The molecule has 0 saturated heterocycles. The summed E-state index contributed by atoms with van der Waals surface area (Å²) in [6.07, 6.45) is 4.46. The van der Waals surface area contributed by atoms with Crippen LogP contribution in [-0.2, 0) is 4.79 Å². The van der Waals surface area contributed by atoms with E-state index in [0.29, 0.717) is 6.42 Å². The van der Waals surface area contributed by atoms with Crippen molar-refractivity contribution in [3.05, 3.63) is 40.4 Å². The average Bonchev–Trinajstić information content (AvgIpc) is 2.63. The number of carbonyl (C=O) groups excluding carboxylic acids is 1. The summed E-state index contributed by atoms with van der Waals surface area (Å²) in [5.74, 6) is -0.101. The van der Waals surface area contributed by atoms with E-state index in [-0.39, 0.29) is 17.9 Å². The second kappa shape index (κ2) is 5.02. The molecule has 3 nitrogen and oxygen atoms in total. The van der Waals surface area contributed by atoms with Gasteiger partial charge in [-0.15, -0.1) is 0 Å². The average molecular weight is 295 g/mol. The van der Waals surface area contributed by atoms with Gasteiger partial charge in [-0.25, -0.2) is 0 Å². The number of halogens is 1. The molecule has 1 amide bonds. The quantitative estimate of drug-likeness (QED) is 0.824. The molecule has 90 valence electrons. The summed E-state index contributed by atoms with van der Waals surface area (Å²) in [7, 11) is 0. The minimum atomic E-state index is -0.107. The predicted molar refractivity (Wildman–Crippen MR) is 72.7 cm³/mol. The monoisotopic (exact) mass is 294 g/mol. The number of anilines is 1. The van der Waals surface area contributed by atoms with E-state index >= 15 is 0 Å². The minimum Gasteiger partial charge on any atom is -0.326 e. The van der Waals surface area contributed by atoms with Gasteiger partial charge in [0, 0.05) is 16.2 Å². The highest BCUT2D eigenvalue weighted by molar-refractivity contribution is 9.10. The second-order valence-electron chi connectivity index (χ2n) is 4.40. The maximum absolute atomic E-state index is 11.9. The third-order valence-electron chi connectivity index (χ3n) is 2.76. The normalized spacial score (nSPS) is 22.8. The molecular formula is C13H15BrN2O. The molecule has 0 spiro atoms. The van der Waals surface area contributed by atoms with Crippen LogP contribution in [0.3, 0.4) is 0 Å². The molecule has 1 aromatic carbocycles. The first-order chi connectivity index (χ1) is 8.04. The number of rotatable bonds is 2. The SMILES string of the molecule is Cc1cc(Br)cc(NC(=O)C2C=CC(N)C2)c1. The van der Waals surface area contributed by atoms with Crippen molar-refractivity contribution in [2.24, 2.45) is 11.7 Å². The minimum absolute atomic E-state index is 0.00620. The Morgan fingerprint density at radius 3 is 2.76 bits per heavy atom. The van der Waals surface area contributed by atoms with Crippen molar-refractivity contribution in [1.82, 2.24) is 0 Å². The first-order valence-corrected chi connectivity index (χ1v) is 6.36. The van der Waals surface area contributed by atoms with Gasteiger partial charge in [0.15, 0.2) is 0 Å². The Bertz CT molecular complexity index is 450. The molecule has 0 heterocycles. The van der Waals surface area contributed by atoms with E-state index in [9.17, 15) is 4.79 Å². The van der Waals surface area contributed by atoms with Gasteiger partial charge in [-0.3, -0.25) is 4.79 Å². The topological polar surface area (TPSA) is 55.1 Å². The van der Waals surface area contributed by atoms with Crippen molar-refractivity contribution in [3.8, 4) is 0 Å². The fourth-order valence-corrected chi connectivity index (χ4v) is 2.57. The molecule has 2 unspecified atom stereocenters. The molecule has 4 heteroatoms. The highest BCUT2D eigenvalue weighted by Crippen LogP contribution is 2.22. The van der Waals surface area contributed by atoms with Crippen molar-refractivity contribution < 1.29 is 4.79 Å². The zero-order valence-electron chi connectivity index (χ0n) is 9.61. The fraction of sp³-hybridized carbons (Fsp3) is 0.308. The first-order valence-electron chi connectivity index (χ1n) is 5.56. The van der Waals surface area contributed by atoms with Gasteiger partial charge in [0.1, 0.15) is 0 Å². The number of nitrogens with two attached hydrogens (primary N) is 1. The molecule has 1 aliphatic rings. The molecular weight excluding hydrogens is 280 g/mol. The summed E-state index contributed by atoms with van der Waals surface area (Å²) in [5.41, 5.74) is 7.65. The third-order valence-corrected chi connectivity index (χ3v) is 3.22. The number of hydrogen-bond acceptors (Lipinski definition) is 2. The predicted octanol–water partition coefficient (Wildman–Crippen LogP) is 2.60. The van der Waals surface area contributed by atoms with Crippen molar-refractivity contribution in [1.29, 1.82) is 0 Å². The highest BCUT2D eigenvalue weighted by Gasteiger charge is 2.22. The molecule has 1 aromatic rings. The molecule has 2 rings (SSSR count). The lowest BCUT2D eigenvalue weighted by atomic mass is 10.1. The smallest absolute Gasteiger partial charge is 0.231 e. The zero-order chi connectivity index (χ0) is 12.4. The Balaban J connectivity index is 2.05. The van der Waals surface area contributed by atoms with Crippen LogP contribution in [0.5, 0.6) is 0 Å². The number of nitrogens with one attached hydrogen (secondary N) is 1. The van der Waals surface area contributed by atoms with Gasteiger partial charge in [-0.1, -0.05) is 28.1 Å². The third kappa shape index (κ3) is 3.17. The number of amides is 1. The van der Waals surface area contributed by atoms with Crippen LogP contribution in [0, 0.1) is 12.8 Å². The standard InChI is InChI=1S/C13H15BrN2O/c1-8-4-10(14)7-12(5-8)16-13(17)9-2-3-11(15)6-9/h2-5,7,9,11H,6,15H2,1H3,(H,16,17). The molecule has 17 heavy (non-hydrogen) atoms. The van der Waals surface area contributed by atoms with E-state index in [4.69, 9.17) is 5.73 Å². The maximum Gasteiger partial charge on any atom is 0.231 e. The van der Waals surface area contributed by atoms with Gasteiger partial charge in [-0.05, 0) is 37.1 Å². The second-order valence-corrected chi connectivity index (χ2v) is 5.31. The van der Waals surface area contributed by atoms with Crippen LogP contribution < -0.4 is 11.1 Å². The molecule has 3 N–H and O–H groups in total. The molecule has 0 aliphatic heterocycles. The Morgan fingerprint density at radius 2 is 2.18 bits per heavy atom. The molecule has 0 radical (unpaired) electrons. The summed E-state index contributed by atoms with van der Waals surface area (Å²) in [5, 5.41) is 2.91. The lowest BCUT2D eigenvalue weighted by Gasteiger charge is -2.11. The molecule has 0 bridgehead atoms. The van der Waals surface area contributed by atoms with E-state index in [0.717, 1.165) is 15.7 Å². The van der Waals surface area contributed by atoms with Gasteiger partial charge in [-0.2, -0.15) is 0 Å². The maximum atomic E-state index is 11.9. The first kappa shape index (κ1) is 12.3. The van der Waals surface area contributed by atoms with Crippen LogP contribution >= 0.6 is 15.9 Å². The van der Waals surface area contributed by atoms with Gasteiger partial charge >= 0.3 is 0 Å². The van der Waals surface area contributed by atoms with E-state index in [1.165, 1.54) is 0 Å². The van der Waals surface area contributed by atoms with E-state index in [2.05, 4.69) is 21.2 Å². The fourth-order valence-electron chi connectivity index (χ4n) is 1.97. The molecule has 0 fully saturated rings. The lowest BCUT2D eigenvalue weighted by Crippen LogP contribution is -2.24. The van der Waals surface area contributed by atoms with Gasteiger partial charge in [0.25, 0.3) is 0 Å². The Kier molecular flexibility index (Phi) is 3.64. The van der Waals surface area contributed by atoms with Gasteiger partial charge in [0.2, 0.25) is 5.91 Å². The summed E-state index contributed by atoms with van der Waals surface area (Å²) in [6.45, 7) is 1.99. The van der Waals surface area contributed by atoms with Crippen molar-refractivity contribution in [2.75, 3.05) is 5.32 Å². The van der Waals surface area contributed by atoms with Gasteiger partial charge < -0.3 is 11.1 Å². The Hall–Kier alpha value is -1.13. The number of benzene rings is 1. The summed E-state index contributed by atoms with van der Waals surface area (Å²) < 4.78 is 0.964. The van der Waals surface area contributed by atoms with Crippen molar-refractivity contribution >= 4 is 27.5 Å². The zero-order valence-corrected chi connectivity index (χ0v) is 11.2. The number of aryl methyl sites for hydroxylation is 1. The van der Waals surface area contributed by atoms with Crippen LogP contribution in [-0.4, -0.2) is 11.9 Å². The highest BCUT2D eigenvalue weighted by atomic mass is 79.9. The Morgan fingerprint density at radius 1 is 1.41 bits per heavy atom. The number of carbonyl (C=O) groups is 1. The van der Waals surface area contributed by atoms with Crippen molar-refractivity contribution in [3.63, 3.8) is 0 Å². The van der Waals surface area contributed by atoms with E-state index < -0.39 is 0 Å². The largest absolute Gasteiger partial charge is 0.326 e. The summed E-state index contributed by atoms with van der Waals surface area (Å²) in [6, 6.07) is 5.85.